The smallest absolute Gasteiger partial charge is 0.261 e. The summed E-state index contributed by atoms with van der Waals surface area (Å²) in [5.74, 6) is 0.392. The van der Waals surface area contributed by atoms with Crippen LogP contribution in [-0.4, -0.2) is 26.7 Å². The summed E-state index contributed by atoms with van der Waals surface area (Å²) in [6.07, 6.45) is 0.528. The Morgan fingerprint density at radius 2 is 1.58 bits per heavy atom. The number of hydrogen-bond donors (Lipinski definition) is 1. The lowest BCUT2D eigenvalue weighted by Gasteiger charge is -2.19. The van der Waals surface area contributed by atoms with Crippen LogP contribution in [-0.2, 0) is 14.6 Å². The summed E-state index contributed by atoms with van der Waals surface area (Å²) < 4.78 is 28.5. The first-order valence-corrected chi connectivity index (χ1v) is 9.48. The van der Waals surface area contributed by atoms with Crippen LogP contribution in [0, 0.1) is 0 Å². The molecule has 2 aromatic rings. The normalized spacial score (nSPS) is 13.8. The predicted octanol–water partition coefficient (Wildman–Crippen LogP) is 2.73. The second-order valence-electron chi connectivity index (χ2n) is 5.64. The van der Waals surface area contributed by atoms with Crippen LogP contribution in [0.4, 0.5) is 0 Å². The molecule has 0 saturated carbocycles. The molecule has 0 aliphatic heterocycles. The predicted molar refractivity (Wildman–Crippen MR) is 92.6 cm³/mol. The minimum atomic E-state index is -3.22. The second-order valence-corrected chi connectivity index (χ2v) is 7.66. The molecule has 0 heterocycles. The molecule has 0 radical (unpaired) electrons. The van der Waals surface area contributed by atoms with Crippen molar-refractivity contribution in [3.05, 3.63) is 60.2 Å². The molecule has 2 rings (SSSR count). The maximum absolute atomic E-state index is 12.2. The zero-order chi connectivity index (χ0) is 17.7. The summed E-state index contributed by atoms with van der Waals surface area (Å²) in [6.45, 7) is 3.52. The van der Waals surface area contributed by atoms with E-state index in [9.17, 15) is 13.2 Å². The average Bonchev–Trinajstić information content (AvgIpc) is 2.55. The molecule has 1 N–H and O–H groups in total. The molecule has 1 amide bonds. The number of para-hydroxylation sites is 1. The van der Waals surface area contributed by atoms with E-state index < -0.39 is 15.9 Å². The molecule has 0 saturated heterocycles. The van der Waals surface area contributed by atoms with Crippen LogP contribution >= 0.6 is 0 Å². The van der Waals surface area contributed by atoms with Crippen molar-refractivity contribution in [2.45, 2.75) is 30.9 Å². The van der Waals surface area contributed by atoms with Crippen LogP contribution in [0.25, 0.3) is 0 Å². The summed E-state index contributed by atoms with van der Waals surface area (Å²) in [6, 6.07) is 15.3. The number of carbonyl (C=O) groups excluding carboxylic acids is 1. The minimum absolute atomic E-state index is 0.237. The van der Waals surface area contributed by atoms with Gasteiger partial charge in [0.25, 0.3) is 5.91 Å². The SMILES string of the molecule is C[C@@H](Oc1ccccc1)C(=O)N[C@H](C)c1ccc(S(C)(=O)=O)cc1. The Kier molecular flexibility index (Phi) is 5.62. The van der Waals surface area contributed by atoms with Gasteiger partial charge in [-0.3, -0.25) is 4.79 Å². The van der Waals surface area contributed by atoms with Gasteiger partial charge in [-0.15, -0.1) is 0 Å². The van der Waals surface area contributed by atoms with Gasteiger partial charge in [-0.1, -0.05) is 30.3 Å². The third-order valence-electron chi connectivity index (χ3n) is 3.59. The molecule has 0 aromatic heterocycles. The standard InChI is InChI=1S/C18H21NO4S/c1-13(15-9-11-17(12-10-15)24(3,21)22)19-18(20)14(2)23-16-7-5-4-6-8-16/h4-14H,1-3H3,(H,19,20)/t13-,14-/m1/s1. The zero-order valence-electron chi connectivity index (χ0n) is 13.9. The van der Waals surface area contributed by atoms with Gasteiger partial charge < -0.3 is 10.1 Å². The number of ether oxygens (including phenoxy) is 1. The van der Waals surface area contributed by atoms with Gasteiger partial charge in [-0.2, -0.15) is 0 Å². The Hall–Kier alpha value is -2.34. The van der Waals surface area contributed by atoms with Crippen molar-refractivity contribution in [1.29, 1.82) is 0 Å². The number of nitrogens with one attached hydrogen (secondary N) is 1. The number of amides is 1. The summed E-state index contributed by atoms with van der Waals surface area (Å²) in [5, 5.41) is 2.86. The Labute approximate surface area is 142 Å². The molecule has 0 unspecified atom stereocenters. The quantitative estimate of drug-likeness (QED) is 0.872. The van der Waals surface area contributed by atoms with Gasteiger partial charge in [-0.25, -0.2) is 8.42 Å². The third kappa shape index (κ3) is 4.83. The molecule has 0 aliphatic carbocycles. The Balaban J connectivity index is 1.98. The van der Waals surface area contributed by atoms with E-state index in [4.69, 9.17) is 4.74 Å². The molecule has 0 aliphatic rings. The summed E-state index contributed by atoms with van der Waals surface area (Å²) >= 11 is 0. The van der Waals surface area contributed by atoms with E-state index in [2.05, 4.69) is 5.32 Å². The summed E-state index contributed by atoms with van der Waals surface area (Å²) in [4.78, 5) is 12.5. The third-order valence-corrected chi connectivity index (χ3v) is 4.72. The lowest BCUT2D eigenvalue weighted by atomic mass is 10.1. The number of benzene rings is 2. The lowest BCUT2D eigenvalue weighted by Crippen LogP contribution is -2.37. The molecule has 2 atom stereocenters. The monoisotopic (exact) mass is 347 g/mol. The van der Waals surface area contributed by atoms with Gasteiger partial charge in [0.2, 0.25) is 0 Å². The number of rotatable bonds is 6. The molecule has 6 heteroatoms. The minimum Gasteiger partial charge on any atom is -0.481 e. The van der Waals surface area contributed by atoms with Crippen LogP contribution in [0.3, 0.4) is 0 Å². The van der Waals surface area contributed by atoms with Gasteiger partial charge in [0.15, 0.2) is 15.9 Å². The molecule has 0 spiro atoms. The first-order chi connectivity index (χ1) is 11.3. The van der Waals surface area contributed by atoms with Crippen LogP contribution < -0.4 is 10.1 Å². The van der Waals surface area contributed by atoms with Crippen molar-refractivity contribution in [1.82, 2.24) is 5.32 Å². The second kappa shape index (κ2) is 7.49. The molecule has 0 bridgehead atoms. The molecule has 0 fully saturated rings. The number of sulfone groups is 1. The molecule has 24 heavy (non-hydrogen) atoms. The molecular formula is C18H21NO4S. The van der Waals surface area contributed by atoms with Crippen molar-refractivity contribution in [2.75, 3.05) is 6.26 Å². The lowest BCUT2D eigenvalue weighted by molar-refractivity contribution is -0.127. The number of hydrogen-bond acceptors (Lipinski definition) is 4. The van der Waals surface area contributed by atoms with Crippen LogP contribution in [0.15, 0.2) is 59.5 Å². The Bertz CT molecular complexity index is 786. The Morgan fingerprint density at radius 1 is 1.00 bits per heavy atom. The van der Waals surface area contributed by atoms with E-state index in [1.54, 1.807) is 31.2 Å². The highest BCUT2D eigenvalue weighted by Crippen LogP contribution is 2.17. The van der Waals surface area contributed by atoms with Gasteiger partial charge in [0.05, 0.1) is 10.9 Å². The Morgan fingerprint density at radius 3 is 2.12 bits per heavy atom. The van der Waals surface area contributed by atoms with Gasteiger partial charge in [0, 0.05) is 6.26 Å². The van der Waals surface area contributed by atoms with E-state index >= 15 is 0 Å². The molecule has 2 aromatic carbocycles. The van der Waals surface area contributed by atoms with E-state index in [1.807, 2.05) is 25.1 Å². The van der Waals surface area contributed by atoms with E-state index in [1.165, 1.54) is 12.1 Å². The first-order valence-electron chi connectivity index (χ1n) is 7.59. The highest BCUT2D eigenvalue weighted by molar-refractivity contribution is 7.90. The van der Waals surface area contributed by atoms with Crippen molar-refractivity contribution in [3.63, 3.8) is 0 Å². The maximum Gasteiger partial charge on any atom is 0.261 e. The zero-order valence-corrected chi connectivity index (χ0v) is 14.7. The van der Waals surface area contributed by atoms with Gasteiger partial charge in [0.1, 0.15) is 5.75 Å². The van der Waals surface area contributed by atoms with E-state index in [0.717, 1.165) is 11.8 Å². The molecular weight excluding hydrogens is 326 g/mol. The highest BCUT2D eigenvalue weighted by atomic mass is 32.2. The van der Waals surface area contributed by atoms with Gasteiger partial charge in [-0.05, 0) is 43.7 Å². The van der Waals surface area contributed by atoms with Crippen LogP contribution in [0.1, 0.15) is 25.5 Å². The van der Waals surface area contributed by atoms with E-state index in [-0.39, 0.29) is 16.8 Å². The fourth-order valence-corrected chi connectivity index (χ4v) is 2.80. The van der Waals surface area contributed by atoms with Crippen molar-refractivity contribution >= 4 is 15.7 Å². The fourth-order valence-electron chi connectivity index (χ4n) is 2.17. The largest absolute Gasteiger partial charge is 0.481 e. The van der Waals surface area contributed by atoms with Crippen LogP contribution in [0.2, 0.25) is 0 Å². The van der Waals surface area contributed by atoms with Crippen molar-refractivity contribution in [2.24, 2.45) is 0 Å². The topological polar surface area (TPSA) is 72.5 Å². The molecule has 128 valence electrons. The highest BCUT2D eigenvalue weighted by Gasteiger charge is 2.18. The summed E-state index contributed by atoms with van der Waals surface area (Å²) in [7, 11) is -3.22. The number of carbonyl (C=O) groups is 1. The van der Waals surface area contributed by atoms with Crippen LogP contribution in [0.5, 0.6) is 5.75 Å². The van der Waals surface area contributed by atoms with Crippen molar-refractivity contribution < 1.29 is 17.9 Å². The summed E-state index contributed by atoms with van der Waals surface area (Å²) in [5.41, 5.74) is 0.822. The molecule has 5 nitrogen and oxygen atoms in total. The van der Waals surface area contributed by atoms with Gasteiger partial charge >= 0.3 is 0 Å². The fraction of sp³-hybridized carbons (Fsp3) is 0.278. The van der Waals surface area contributed by atoms with Crippen molar-refractivity contribution in [3.8, 4) is 5.75 Å². The maximum atomic E-state index is 12.2. The van der Waals surface area contributed by atoms with E-state index in [0.29, 0.717) is 5.75 Å². The average molecular weight is 347 g/mol. The first kappa shape index (κ1) is 18.0.